The molecule has 0 aliphatic rings. The number of phenols is 1. The molecule has 0 radical (unpaired) electrons. The van der Waals surface area contributed by atoms with Crippen molar-refractivity contribution in [2.24, 2.45) is 0 Å². The molecule has 0 amide bonds. The fourth-order valence-corrected chi connectivity index (χ4v) is 1.50. The van der Waals surface area contributed by atoms with E-state index in [1.165, 1.54) is 12.1 Å². The Balaban J connectivity index is 2.87. The zero-order chi connectivity index (χ0) is 14.3. The minimum Gasteiger partial charge on any atom is -0.508 e. The summed E-state index contributed by atoms with van der Waals surface area (Å²) in [7, 11) is 0. The normalized spacial score (nSPS) is 10.9. The second-order valence-corrected chi connectivity index (χ2v) is 4.20. The monoisotopic (exact) mass is 259 g/mol. The molecule has 100 valence electrons. The summed E-state index contributed by atoms with van der Waals surface area (Å²) in [6.45, 7) is 4.11. The zero-order valence-corrected chi connectivity index (χ0v) is 11.1. The van der Waals surface area contributed by atoms with Crippen molar-refractivity contribution in [3.05, 3.63) is 34.9 Å². The van der Waals surface area contributed by atoms with E-state index in [2.05, 4.69) is 0 Å². The molecule has 0 atom stereocenters. The van der Waals surface area contributed by atoms with Gasteiger partial charge in [0.25, 0.3) is 0 Å². The number of ether oxygens (including phenoxy) is 1. The standard InChI is InChI=1S/C15H17NO3/c1-3-4-7-19-15(18)13(10-16)9-12-5-6-14(17)8-11(12)2/h5-6,8-9,17H,3-4,7H2,1-2H3. The summed E-state index contributed by atoms with van der Waals surface area (Å²) in [6, 6.07) is 6.58. The average molecular weight is 259 g/mol. The summed E-state index contributed by atoms with van der Waals surface area (Å²) in [5.41, 5.74) is 1.46. The fourth-order valence-electron chi connectivity index (χ4n) is 1.50. The van der Waals surface area contributed by atoms with Gasteiger partial charge in [0, 0.05) is 0 Å². The van der Waals surface area contributed by atoms with Crippen LogP contribution in [0.2, 0.25) is 0 Å². The molecule has 0 aliphatic heterocycles. The number of unbranched alkanes of at least 4 members (excludes halogenated alkanes) is 1. The minimum atomic E-state index is -0.608. The molecule has 0 unspecified atom stereocenters. The number of carbonyl (C=O) groups is 1. The van der Waals surface area contributed by atoms with E-state index in [-0.39, 0.29) is 11.3 Å². The van der Waals surface area contributed by atoms with Gasteiger partial charge in [-0.25, -0.2) is 4.79 Å². The van der Waals surface area contributed by atoms with E-state index >= 15 is 0 Å². The first-order chi connectivity index (χ1) is 9.08. The topological polar surface area (TPSA) is 70.3 Å². The van der Waals surface area contributed by atoms with Crippen LogP contribution in [-0.2, 0) is 9.53 Å². The highest BCUT2D eigenvalue weighted by atomic mass is 16.5. The van der Waals surface area contributed by atoms with Crippen molar-refractivity contribution in [1.29, 1.82) is 5.26 Å². The summed E-state index contributed by atoms with van der Waals surface area (Å²) >= 11 is 0. The van der Waals surface area contributed by atoms with Crippen LogP contribution in [0.5, 0.6) is 5.75 Å². The van der Waals surface area contributed by atoms with Crippen molar-refractivity contribution in [3.8, 4) is 11.8 Å². The van der Waals surface area contributed by atoms with Gasteiger partial charge in [-0.15, -0.1) is 0 Å². The van der Waals surface area contributed by atoms with Crippen LogP contribution in [0.3, 0.4) is 0 Å². The number of esters is 1. The van der Waals surface area contributed by atoms with E-state index < -0.39 is 5.97 Å². The molecule has 4 nitrogen and oxygen atoms in total. The minimum absolute atomic E-state index is 0.0371. The van der Waals surface area contributed by atoms with Crippen molar-refractivity contribution < 1.29 is 14.6 Å². The van der Waals surface area contributed by atoms with Gasteiger partial charge in [0.05, 0.1) is 6.61 Å². The number of phenolic OH excluding ortho intramolecular Hbond substituents is 1. The van der Waals surface area contributed by atoms with Gasteiger partial charge in [0.1, 0.15) is 17.4 Å². The van der Waals surface area contributed by atoms with Crippen LogP contribution in [0.1, 0.15) is 30.9 Å². The first-order valence-corrected chi connectivity index (χ1v) is 6.17. The Bertz CT molecular complexity index is 527. The van der Waals surface area contributed by atoms with Crippen LogP contribution in [0, 0.1) is 18.3 Å². The van der Waals surface area contributed by atoms with Crippen LogP contribution >= 0.6 is 0 Å². The first-order valence-electron chi connectivity index (χ1n) is 6.17. The molecule has 1 rings (SSSR count). The number of rotatable bonds is 5. The maximum atomic E-state index is 11.7. The molecule has 0 saturated heterocycles. The zero-order valence-electron chi connectivity index (χ0n) is 11.1. The van der Waals surface area contributed by atoms with E-state index in [0.29, 0.717) is 12.2 Å². The highest BCUT2D eigenvalue weighted by Crippen LogP contribution is 2.18. The lowest BCUT2D eigenvalue weighted by molar-refractivity contribution is -0.138. The molecule has 0 bridgehead atoms. The third-order valence-electron chi connectivity index (χ3n) is 2.62. The quantitative estimate of drug-likeness (QED) is 0.382. The van der Waals surface area contributed by atoms with Crippen LogP contribution < -0.4 is 0 Å². The molecule has 0 heterocycles. The van der Waals surface area contributed by atoms with Crippen molar-refractivity contribution >= 4 is 12.0 Å². The van der Waals surface area contributed by atoms with Gasteiger partial charge in [-0.05, 0) is 42.7 Å². The third-order valence-corrected chi connectivity index (χ3v) is 2.62. The lowest BCUT2D eigenvalue weighted by Gasteiger charge is -2.04. The summed E-state index contributed by atoms with van der Waals surface area (Å²) in [6.07, 6.45) is 3.18. The van der Waals surface area contributed by atoms with Gasteiger partial charge >= 0.3 is 5.97 Å². The van der Waals surface area contributed by atoms with Gasteiger partial charge in [-0.1, -0.05) is 19.4 Å². The first kappa shape index (κ1) is 14.8. The van der Waals surface area contributed by atoms with Gasteiger partial charge in [-0.3, -0.25) is 0 Å². The molecule has 0 fully saturated rings. The van der Waals surface area contributed by atoms with Crippen molar-refractivity contribution in [2.45, 2.75) is 26.7 Å². The number of nitrogens with zero attached hydrogens (tertiary/aromatic N) is 1. The number of hydrogen-bond donors (Lipinski definition) is 1. The number of hydrogen-bond acceptors (Lipinski definition) is 4. The fraction of sp³-hybridized carbons (Fsp3) is 0.333. The Morgan fingerprint density at radius 2 is 2.26 bits per heavy atom. The Labute approximate surface area is 112 Å². The summed E-state index contributed by atoms with van der Waals surface area (Å²) in [5, 5.41) is 18.3. The van der Waals surface area contributed by atoms with Gasteiger partial charge in [0.2, 0.25) is 0 Å². The maximum absolute atomic E-state index is 11.7. The molecule has 4 heteroatoms. The largest absolute Gasteiger partial charge is 0.508 e. The number of nitriles is 1. The highest BCUT2D eigenvalue weighted by molar-refractivity contribution is 5.98. The average Bonchev–Trinajstić information content (AvgIpc) is 2.38. The molecule has 0 aliphatic carbocycles. The SMILES string of the molecule is CCCCOC(=O)C(C#N)=Cc1ccc(O)cc1C. The molecule has 0 spiro atoms. The lowest BCUT2D eigenvalue weighted by Crippen LogP contribution is -2.07. The van der Waals surface area contributed by atoms with E-state index in [1.807, 2.05) is 13.0 Å². The molecule has 0 aromatic heterocycles. The molecule has 1 aromatic carbocycles. The predicted octanol–water partition coefficient (Wildman–Crippen LogP) is 2.95. The van der Waals surface area contributed by atoms with Crippen LogP contribution in [-0.4, -0.2) is 17.7 Å². The third kappa shape index (κ3) is 4.47. The van der Waals surface area contributed by atoms with Crippen LogP contribution in [0.4, 0.5) is 0 Å². The van der Waals surface area contributed by atoms with E-state index in [4.69, 9.17) is 10.00 Å². The highest BCUT2D eigenvalue weighted by Gasteiger charge is 2.11. The number of carbonyl (C=O) groups excluding carboxylic acids is 1. The second-order valence-electron chi connectivity index (χ2n) is 4.20. The van der Waals surface area contributed by atoms with Gasteiger partial charge < -0.3 is 9.84 Å². The van der Waals surface area contributed by atoms with Gasteiger partial charge in [-0.2, -0.15) is 5.26 Å². The maximum Gasteiger partial charge on any atom is 0.348 e. The molecular weight excluding hydrogens is 242 g/mol. The smallest absolute Gasteiger partial charge is 0.348 e. The number of aryl methyl sites for hydroxylation is 1. The summed E-state index contributed by atoms with van der Waals surface area (Å²) in [5.74, 6) is -0.456. The summed E-state index contributed by atoms with van der Waals surface area (Å²) < 4.78 is 4.99. The second kappa shape index (κ2) is 7.22. The number of benzene rings is 1. The van der Waals surface area contributed by atoms with E-state index in [1.54, 1.807) is 19.1 Å². The predicted molar refractivity (Wildman–Crippen MR) is 72.3 cm³/mol. The van der Waals surface area contributed by atoms with Crippen LogP contribution in [0.15, 0.2) is 23.8 Å². The number of aromatic hydroxyl groups is 1. The van der Waals surface area contributed by atoms with Crippen molar-refractivity contribution in [2.75, 3.05) is 6.61 Å². The Morgan fingerprint density at radius 1 is 1.53 bits per heavy atom. The Hall–Kier alpha value is -2.28. The van der Waals surface area contributed by atoms with Crippen LogP contribution in [0.25, 0.3) is 6.08 Å². The molecule has 19 heavy (non-hydrogen) atoms. The van der Waals surface area contributed by atoms with Crippen molar-refractivity contribution in [3.63, 3.8) is 0 Å². The molecule has 1 aromatic rings. The lowest BCUT2D eigenvalue weighted by atomic mass is 10.1. The van der Waals surface area contributed by atoms with E-state index in [0.717, 1.165) is 18.4 Å². The molecule has 1 N–H and O–H groups in total. The van der Waals surface area contributed by atoms with E-state index in [9.17, 15) is 9.90 Å². The van der Waals surface area contributed by atoms with Crippen molar-refractivity contribution in [1.82, 2.24) is 0 Å². The molecule has 0 saturated carbocycles. The molecular formula is C15H17NO3. The Morgan fingerprint density at radius 3 is 2.84 bits per heavy atom. The summed E-state index contributed by atoms with van der Waals surface area (Å²) in [4.78, 5) is 11.7. The van der Waals surface area contributed by atoms with Gasteiger partial charge in [0.15, 0.2) is 0 Å². The Kier molecular flexibility index (Phi) is 5.62.